The first kappa shape index (κ1) is 10.5. The van der Waals surface area contributed by atoms with E-state index in [4.69, 9.17) is 5.26 Å². The Balaban J connectivity index is 2.70. The zero-order chi connectivity index (χ0) is 10.4. The van der Waals surface area contributed by atoms with E-state index in [2.05, 4.69) is 16.9 Å². The number of hydrogen-bond acceptors (Lipinski definition) is 4. The van der Waals surface area contributed by atoms with E-state index >= 15 is 0 Å². The molecule has 1 aromatic heterocycles. The van der Waals surface area contributed by atoms with Gasteiger partial charge in [0, 0.05) is 19.8 Å². The van der Waals surface area contributed by atoms with Crippen molar-refractivity contribution < 1.29 is 0 Å². The van der Waals surface area contributed by atoms with E-state index in [1.807, 2.05) is 24.1 Å². The van der Waals surface area contributed by atoms with Gasteiger partial charge in [0.15, 0.2) is 0 Å². The minimum absolute atomic E-state index is 0.228. The zero-order valence-electron chi connectivity index (χ0n) is 8.56. The van der Waals surface area contributed by atoms with Gasteiger partial charge in [-0.1, -0.05) is 13.3 Å². The smallest absolute Gasteiger partial charge is 0.234 e. The quantitative estimate of drug-likeness (QED) is 0.723. The Morgan fingerprint density at radius 3 is 3.00 bits per heavy atom. The maximum atomic E-state index is 8.63. The zero-order valence-corrected chi connectivity index (χ0v) is 8.56. The molecule has 0 aliphatic rings. The van der Waals surface area contributed by atoms with Gasteiger partial charge in [0.1, 0.15) is 11.9 Å². The van der Waals surface area contributed by atoms with E-state index in [1.165, 1.54) is 0 Å². The third-order valence-corrected chi connectivity index (χ3v) is 1.98. The molecule has 0 aliphatic carbocycles. The highest BCUT2D eigenvalue weighted by Gasteiger charge is 2.02. The van der Waals surface area contributed by atoms with Gasteiger partial charge in [0.05, 0.1) is 0 Å². The van der Waals surface area contributed by atoms with Gasteiger partial charge >= 0.3 is 0 Å². The molecule has 1 rings (SSSR count). The highest BCUT2D eigenvalue weighted by atomic mass is 15.2. The molecule has 0 saturated carbocycles. The standard InChI is InChI=1S/C10H14N4/c1-3-4-7-14(2)10-5-6-12-9(8-11)13-10/h5-6H,3-4,7H2,1-2H3. The normalized spacial score (nSPS) is 9.50. The van der Waals surface area contributed by atoms with Crippen LogP contribution in [0.15, 0.2) is 12.3 Å². The Kier molecular flexibility index (Phi) is 3.86. The number of anilines is 1. The van der Waals surface area contributed by atoms with E-state index in [1.54, 1.807) is 6.20 Å². The first-order chi connectivity index (χ1) is 6.77. The summed E-state index contributed by atoms with van der Waals surface area (Å²) < 4.78 is 0. The maximum absolute atomic E-state index is 8.63. The van der Waals surface area contributed by atoms with Crippen molar-refractivity contribution in [3.05, 3.63) is 18.1 Å². The highest BCUT2D eigenvalue weighted by Crippen LogP contribution is 2.08. The second-order valence-electron chi connectivity index (χ2n) is 3.13. The molecule has 74 valence electrons. The summed E-state index contributed by atoms with van der Waals surface area (Å²) in [6.45, 7) is 3.10. The van der Waals surface area contributed by atoms with E-state index < -0.39 is 0 Å². The van der Waals surface area contributed by atoms with Crippen LogP contribution in [0.4, 0.5) is 5.82 Å². The predicted molar refractivity (Wildman–Crippen MR) is 54.9 cm³/mol. The van der Waals surface area contributed by atoms with E-state index in [-0.39, 0.29) is 5.82 Å². The van der Waals surface area contributed by atoms with Crippen molar-refractivity contribution in [2.45, 2.75) is 19.8 Å². The summed E-state index contributed by atoms with van der Waals surface area (Å²) in [5, 5.41) is 8.63. The predicted octanol–water partition coefficient (Wildman–Crippen LogP) is 1.58. The third-order valence-electron chi connectivity index (χ3n) is 1.98. The van der Waals surface area contributed by atoms with Crippen LogP contribution >= 0.6 is 0 Å². The molecule has 0 aromatic carbocycles. The van der Waals surface area contributed by atoms with Crippen molar-refractivity contribution in [1.29, 1.82) is 5.26 Å². The van der Waals surface area contributed by atoms with Crippen molar-refractivity contribution in [2.24, 2.45) is 0 Å². The molecule has 1 aromatic rings. The van der Waals surface area contributed by atoms with Crippen molar-refractivity contribution >= 4 is 5.82 Å². The van der Waals surface area contributed by atoms with Crippen molar-refractivity contribution in [2.75, 3.05) is 18.5 Å². The lowest BCUT2D eigenvalue weighted by atomic mass is 10.3. The maximum Gasteiger partial charge on any atom is 0.234 e. The average Bonchev–Trinajstić information content (AvgIpc) is 2.26. The lowest BCUT2D eigenvalue weighted by molar-refractivity contribution is 0.757. The average molecular weight is 190 g/mol. The van der Waals surface area contributed by atoms with Crippen molar-refractivity contribution in [3.63, 3.8) is 0 Å². The summed E-state index contributed by atoms with van der Waals surface area (Å²) in [5.74, 6) is 1.04. The van der Waals surface area contributed by atoms with E-state index in [0.29, 0.717) is 0 Å². The fourth-order valence-electron chi connectivity index (χ4n) is 1.13. The molecular formula is C10H14N4. The summed E-state index contributed by atoms with van der Waals surface area (Å²) in [5.41, 5.74) is 0. The molecule has 0 bridgehead atoms. The fraction of sp³-hybridized carbons (Fsp3) is 0.500. The lowest BCUT2D eigenvalue weighted by Gasteiger charge is -2.16. The fourth-order valence-corrected chi connectivity index (χ4v) is 1.13. The van der Waals surface area contributed by atoms with Gasteiger partial charge in [-0.05, 0) is 12.5 Å². The van der Waals surface area contributed by atoms with Crippen LogP contribution in [0.3, 0.4) is 0 Å². The molecule has 0 atom stereocenters. The van der Waals surface area contributed by atoms with Crippen LogP contribution in [0.2, 0.25) is 0 Å². The van der Waals surface area contributed by atoms with Gasteiger partial charge in [-0.3, -0.25) is 0 Å². The summed E-state index contributed by atoms with van der Waals surface area (Å²) >= 11 is 0. The Morgan fingerprint density at radius 2 is 2.36 bits per heavy atom. The molecule has 0 fully saturated rings. The first-order valence-corrected chi connectivity index (χ1v) is 4.72. The summed E-state index contributed by atoms with van der Waals surface area (Å²) in [6.07, 6.45) is 3.90. The van der Waals surface area contributed by atoms with Gasteiger partial charge in [0.2, 0.25) is 5.82 Å². The van der Waals surface area contributed by atoms with Crippen LogP contribution in [-0.2, 0) is 0 Å². The Labute approximate surface area is 84.2 Å². The number of unbranched alkanes of at least 4 members (excludes halogenated alkanes) is 1. The van der Waals surface area contributed by atoms with E-state index in [9.17, 15) is 0 Å². The number of nitriles is 1. The minimum Gasteiger partial charge on any atom is -0.360 e. The molecular weight excluding hydrogens is 176 g/mol. The molecule has 0 aliphatic heterocycles. The van der Waals surface area contributed by atoms with Crippen molar-refractivity contribution in [1.82, 2.24) is 9.97 Å². The largest absolute Gasteiger partial charge is 0.360 e. The topological polar surface area (TPSA) is 52.8 Å². The number of hydrogen-bond donors (Lipinski definition) is 0. The number of rotatable bonds is 4. The van der Waals surface area contributed by atoms with Crippen LogP contribution in [0.1, 0.15) is 25.6 Å². The molecule has 0 radical (unpaired) electrons. The third kappa shape index (κ3) is 2.70. The van der Waals surface area contributed by atoms with Gasteiger partial charge in [-0.15, -0.1) is 0 Å². The Hall–Kier alpha value is -1.63. The van der Waals surface area contributed by atoms with Gasteiger partial charge in [-0.25, -0.2) is 9.97 Å². The van der Waals surface area contributed by atoms with Crippen LogP contribution in [0.5, 0.6) is 0 Å². The minimum atomic E-state index is 0.228. The van der Waals surface area contributed by atoms with Crippen LogP contribution in [-0.4, -0.2) is 23.6 Å². The second kappa shape index (κ2) is 5.18. The molecule has 0 spiro atoms. The van der Waals surface area contributed by atoms with Crippen LogP contribution < -0.4 is 4.90 Å². The molecule has 0 N–H and O–H groups in total. The SMILES string of the molecule is CCCCN(C)c1ccnc(C#N)n1. The van der Waals surface area contributed by atoms with Crippen molar-refractivity contribution in [3.8, 4) is 6.07 Å². The van der Waals surface area contributed by atoms with Crippen LogP contribution in [0, 0.1) is 11.3 Å². The summed E-state index contributed by atoms with van der Waals surface area (Å²) in [7, 11) is 1.97. The Morgan fingerprint density at radius 1 is 1.57 bits per heavy atom. The molecule has 4 heteroatoms. The molecule has 0 saturated heterocycles. The Bertz CT molecular complexity index is 329. The number of aromatic nitrogens is 2. The monoisotopic (exact) mass is 190 g/mol. The summed E-state index contributed by atoms with van der Waals surface area (Å²) in [6, 6.07) is 3.75. The van der Waals surface area contributed by atoms with Gasteiger partial charge < -0.3 is 4.90 Å². The second-order valence-corrected chi connectivity index (χ2v) is 3.13. The van der Waals surface area contributed by atoms with E-state index in [0.717, 1.165) is 25.2 Å². The lowest BCUT2D eigenvalue weighted by Crippen LogP contribution is -2.19. The van der Waals surface area contributed by atoms with Gasteiger partial charge in [0.25, 0.3) is 0 Å². The highest BCUT2D eigenvalue weighted by molar-refractivity contribution is 5.37. The van der Waals surface area contributed by atoms with Crippen LogP contribution in [0.25, 0.3) is 0 Å². The van der Waals surface area contributed by atoms with Gasteiger partial charge in [-0.2, -0.15) is 5.26 Å². The molecule has 14 heavy (non-hydrogen) atoms. The first-order valence-electron chi connectivity index (χ1n) is 4.72. The summed E-state index contributed by atoms with van der Waals surface area (Å²) in [4.78, 5) is 9.95. The molecule has 1 heterocycles. The number of nitrogens with zero attached hydrogens (tertiary/aromatic N) is 4. The molecule has 0 amide bonds. The molecule has 0 unspecified atom stereocenters. The molecule has 4 nitrogen and oxygen atoms in total.